The van der Waals surface area contributed by atoms with Crippen molar-refractivity contribution in [3.8, 4) is 0 Å². The van der Waals surface area contributed by atoms with Crippen molar-refractivity contribution in [3.05, 3.63) is 11.7 Å². The molecule has 1 aliphatic heterocycles. The third-order valence-corrected chi connectivity index (χ3v) is 4.03. The highest BCUT2D eigenvalue weighted by Crippen LogP contribution is 2.39. The molecule has 6 nitrogen and oxygen atoms in total. The molecular formula is C13H20N2O4. The fraction of sp³-hybridized carbons (Fsp3) is 0.846. The molecule has 106 valence electrons. The molecule has 0 amide bonds. The molecule has 2 fully saturated rings. The van der Waals surface area contributed by atoms with Crippen LogP contribution in [0.15, 0.2) is 4.52 Å². The zero-order chi connectivity index (χ0) is 13.3. The Kier molecular flexibility index (Phi) is 3.56. The average Bonchev–Trinajstić information content (AvgIpc) is 2.86. The molecule has 1 saturated heterocycles. The number of nitrogens with zero attached hydrogens (tertiary/aromatic N) is 2. The molecule has 1 N–H and O–H groups in total. The summed E-state index contributed by atoms with van der Waals surface area (Å²) in [7, 11) is 0. The first-order valence-corrected chi connectivity index (χ1v) is 6.97. The van der Waals surface area contributed by atoms with Crippen molar-refractivity contribution >= 4 is 0 Å². The number of hydrogen-bond acceptors (Lipinski definition) is 6. The van der Waals surface area contributed by atoms with Crippen molar-refractivity contribution in [2.75, 3.05) is 19.8 Å². The molecule has 1 aromatic rings. The molecule has 1 aliphatic carbocycles. The molecule has 0 radical (unpaired) electrons. The molecular weight excluding hydrogens is 248 g/mol. The summed E-state index contributed by atoms with van der Waals surface area (Å²) in [5, 5.41) is 13.4. The molecule has 1 saturated carbocycles. The number of aromatic nitrogens is 2. The topological polar surface area (TPSA) is 77.6 Å². The predicted octanol–water partition coefficient (Wildman–Crippen LogP) is 1.35. The molecule has 0 unspecified atom stereocenters. The lowest BCUT2D eigenvalue weighted by molar-refractivity contribution is -0.118. The van der Waals surface area contributed by atoms with Crippen LogP contribution in [0.4, 0.5) is 0 Å². The van der Waals surface area contributed by atoms with Crippen molar-refractivity contribution < 1.29 is 19.1 Å². The van der Waals surface area contributed by atoms with Crippen LogP contribution >= 0.6 is 0 Å². The summed E-state index contributed by atoms with van der Waals surface area (Å²) in [5.74, 6) is 1.47. The van der Waals surface area contributed by atoms with E-state index < -0.39 is 5.60 Å². The van der Waals surface area contributed by atoms with Gasteiger partial charge in [0.15, 0.2) is 0 Å². The van der Waals surface area contributed by atoms with Gasteiger partial charge in [0.1, 0.15) is 5.60 Å². The number of rotatable bonds is 4. The van der Waals surface area contributed by atoms with Crippen LogP contribution in [0, 0.1) is 0 Å². The maximum absolute atomic E-state index is 9.34. The van der Waals surface area contributed by atoms with Gasteiger partial charge in [0, 0.05) is 38.6 Å². The van der Waals surface area contributed by atoms with Crippen molar-refractivity contribution in [1.29, 1.82) is 0 Å². The normalized spacial score (nSPS) is 30.0. The van der Waals surface area contributed by atoms with Crippen LogP contribution in [0.5, 0.6) is 0 Å². The van der Waals surface area contributed by atoms with E-state index in [0.29, 0.717) is 44.4 Å². The SMILES string of the molecule is CCOC1(c2noc(C3CC(O)C3)n2)CCOCC1. The number of aliphatic hydroxyl groups excluding tert-OH is 1. The van der Waals surface area contributed by atoms with E-state index in [1.54, 1.807) is 0 Å². The summed E-state index contributed by atoms with van der Waals surface area (Å²) >= 11 is 0. The Balaban J connectivity index is 1.78. The Morgan fingerprint density at radius 1 is 1.37 bits per heavy atom. The predicted molar refractivity (Wildman–Crippen MR) is 65.6 cm³/mol. The Labute approximate surface area is 112 Å². The Morgan fingerprint density at radius 3 is 2.74 bits per heavy atom. The van der Waals surface area contributed by atoms with Gasteiger partial charge in [0.2, 0.25) is 11.7 Å². The first-order chi connectivity index (χ1) is 9.23. The fourth-order valence-electron chi connectivity index (χ4n) is 2.79. The van der Waals surface area contributed by atoms with Gasteiger partial charge >= 0.3 is 0 Å². The van der Waals surface area contributed by atoms with Gasteiger partial charge < -0.3 is 19.1 Å². The standard InChI is InChI=1S/C13H20N2O4/c1-2-18-13(3-5-17-6-4-13)12-14-11(19-15-12)9-7-10(16)8-9/h9-10,16H,2-8H2,1H3. The lowest BCUT2D eigenvalue weighted by Crippen LogP contribution is -2.37. The molecule has 2 heterocycles. The van der Waals surface area contributed by atoms with E-state index in [-0.39, 0.29) is 12.0 Å². The second-order valence-corrected chi connectivity index (χ2v) is 5.32. The highest BCUT2D eigenvalue weighted by atomic mass is 16.5. The Morgan fingerprint density at radius 2 is 2.11 bits per heavy atom. The van der Waals surface area contributed by atoms with Gasteiger partial charge in [-0.2, -0.15) is 4.98 Å². The van der Waals surface area contributed by atoms with E-state index in [1.807, 2.05) is 6.92 Å². The number of ether oxygens (including phenoxy) is 2. The summed E-state index contributed by atoms with van der Waals surface area (Å²) in [4.78, 5) is 4.51. The summed E-state index contributed by atoms with van der Waals surface area (Å²) in [6.45, 7) is 3.91. The maximum atomic E-state index is 9.34. The van der Waals surface area contributed by atoms with Gasteiger partial charge in [-0.1, -0.05) is 5.16 Å². The zero-order valence-electron chi connectivity index (χ0n) is 11.2. The third-order valence-electron chi connectivity index (χ3n) is 4.03. The second kappa shape index (κ2) is 5.19. The summed E-state index contributed by atoms with van der Waals surface area (Å²) < 4.78 is 16.7. The van der Waals surface area contributed by atoms with Crippen LogP contribution in [0.1, 0.15) is 50.2 Å². The van der Waals surface area contributed by atoms with Crippen LogP contribution in [0.25, 0.3) is 0 Å². The Hall–Kier alpha value is -0.980. The minimum atomic E-state index is -0.461. The van der Waals surface area contributed by atoms with E-state index in [0.717, 1.165) is 12.8 Å². The van der Waals surface area contributed by atoms with Crippen LogP contribution in [0.3, 0.4) is 0 Å². The van der Waals surface area contributed by atoms with Crippen LogP contribution in [-0.4, -0.2) is 41.2 Å². The highest BCUT2D eigenvalue weighted by molar-refractivity contribution is 5.07. The summed E-state index contributed by atoms with van der Waals surface area (Å²) in [5.41, 5.74) is -0.461. The lowest BCUT2D eigenvalue weighted by atomic mass is 9.82. The minimum absolute atomic E-state index is 0.203. The van der Waals surface area contributed by atoms with Crippen molar-refractivity contribution in [2.24, 2.45) is 0 Å². The molecule has 19 heavy (non-hydrogen) atoms. The maximum Gasteiger partial charge on any atom is 0.230 e. The molecule has 3 rings (SSSR count). The molecule has 0 atom stereocenters. The fourth-order valence-corrected chi connectivity index (χ4v) is 2.79. The van der Waals surface area contributed by atoms with Gasteiger partial charge in [0.05, 0.1) is 6.10 Å². The van der Waals surface area contributed by atoms with E-state index in [9.17, 15) is 5.11 Å². The lowest BCUT2D eigenvalue weighted by Gasteiger charge is -2.34. The van der Waals surface area contributed by atoms with Gasteiger partial charge in [-0.15, -0.1) is 0 Å². The monoisotopic (exact) mass is 268 g/mol. The first kappa shape index (κ1) is 13.0. The van der Waals surface area contributed by atoms with E-state index >= 15 is 0 Å². The van der Waals surface area contributed by atoms with E-state index in [1.165, 1.54) is 0 Å². The Bertz CT molecular complexity index is 417. The molecule has 0 aromatic carbocycles. The van der Waals surface area contributed by atoms with Gasteiger partial charge in [-0.25, -0.2) is 0 Å². The van der Waals surface area contributed by atoms with Gasteiger partial charge in [-0.05, 0) is 19.8 Å². The molecule has 6 heteroatoms. The van der Waals surface area contributed by atoms with Crippen LogP contribution in [-0.2, 0) is 15.1 Å². The van der Waals surface area contributed by atoms with E-state index in [2.05, 4.69) is 10.1 Å². The number of aliphatic hydroxyl groups is 1. The zero-order valence-corrected chi connectivity index (χ0v) is 11.2. The smallest absolute Gasteiger partial charge is 0.230 e. The number of hydrogen-bond donors (Lipinski definition) is 1. The van der Waals surface area contributed by atoms with Gasteiger partial charge in [-0.3, -0.25) is 0 Å². The molecule has 0 bridgehead atoms. The minimum Gasteiger partial charge on any atom is -0.393 e. The highest BCUT2D eigenvalue weighted by Gasteiger charge is 2.41. The first-order valence-electron chi connectivity index (χ1n) is 6.97. The molecule has 0 spiro atoms. The molecule has 1 aromatic heterocycles. The van der Waals surface area contributed by atoms with Crippen molar-refractivity contribution in [3.63, 3.8) is 0 Å². The van der Waals surface area contributed by atoms with Crippen molar-refractivity contribution in [1.82, 2.24) is 10.1 Å². The van der Waals surface area contributed by atoms with Gasteiger partial charge in [0.25, 0.3) is 0 Å². The van der Waals surface area contributed by atoms with Crippen LogP contribution < -0.4 is 0 Å². The largest absolute Gasteiger partial charge is 0.393 e. The third kappa shape index (κ3) is 2.40. The quantitative estimate of drug-likeness (QED) is 0.888. The van der Waals surface area contributed by atoms with E-state index in [4.69, 9.17) is 14.0 Å². The second-order valence-electron chi connectivity index (χ2n) is 5.32. The summed E-state index contributed by atoms with van der Waals surface area (Å²) in [6.07, 6.45) is 2.73. The summed E-state index contributed by atoms with van der Waals surface area (Å²) in [6, 6.07) is 0. The molecule has 2 aliphatic rings. The average molecular weight is 268 g/mol. The van der Waals surface area contributed by atoms with Crippen LogP contribution in [0.2, 0.25) is 0 Å². The van der Waals surface area contributed by atoms with Crippen molar-refractivity contribution in [2.45, 2.75) is 50.2 Å².